The molecule has 1 saturated heterocycles. The zero-order chi connectivity index (χ0) is 21.8. The minimum absolute atomic E-state index is 0.0458. The predicted octanol–water partition coefficient (Wildman–Crippen LogP) is 6.37. The summed E-state index contributed by atoms with van der Waals surface area (Å²) in [5.41, 5.74) is 3.86. The lowest BCUT2D eigenvalue weighted by molar-refractivity contribution is -0.123. The van der Waals surface area contributed by atoms with Crippen LogP contribution in [-0.2, 0) is 4.79 Å². The van der Waals surface area contributed by atoms with E-state index in [1.54, 1.807) is 12.0 Å². The topological polar surface area (TPSA) is 41.9 Å². The van der Waals surface area contributed by atoms with E-state index in [1.165, 1.54) is 11.8 Å². The van der Waals surface area contributed by atoms with Crippen molar-refractivity contribution < 1.29 is 9.53 Å². The predicted molar refractivity (Wildman–Crippen MR) is 129 cm³/mol. The van der Waals surface area contributed by atoms with Crippen molar-refractivity contribution in [2.45, 2.75) is 19.9 Å². The lowest BCUT2D eigenvalue weighted by Crippen LogP contribution is -2.32. The number of methoxy groups -OCH3 is 1. The molecule has 156 valence electrons. The van der Waals surface area contributed by atoms with E-state index in [2.05, 4.69) is 0 Å². The van der Waals surface area contributed by atoms with E-state index in [0.717, 1.165) is 28.1 Å². The summed E-state index contributed by atoms with van der Waals surface area (Å²) < 4.78 is 5.44. The molecule has 0 unspecified atom stereocenters. The molecule has 1 amide bonds. The number of carbonyl (C=O) groups is 1. The number of rotatable bonds is 5. The van der Waals surface area contributed by atoms with Gasteiger partial charge in [-0.15, -0.1) is 0 Å². The summed E-state index contributed by atoms with van der Waals surface area (Å²) in [7, 11) is 1.66. The Morgan fingerprint density at radius 2 is 1.68 bits per heavy atom. The van der Waals surface area contributed by atoms with Crippen LogP contribution in [0.25, 0.3) is 6.08 Å². The summed E-state index contributed by atoms with van der Waals surface area (Å²) >= 11 is 1.40. The first-order valence-corrected chi connectivity index (χ1v) is 10.9. The van der Waals surface area contributed by atoms with Crippen molar-refractivity contribution in [1.82, 2.24) is 4.90 Å². The van der Waals surface area contributed by atoms with Gasteiger partial charge in [-0.1, -0.05) is 60.7 Å². The molecule has 1 atom stereocenters. The number of amides is 1. The molecule has 1 fully saturated rings. The fourth-order valence-electron chi connectivity index (χ4n) is 3.48. The van der Waals surface area contributed by atoms with Crippen LogP contribution in [0.15, 0.2) is 88.8 Å². The second-order valence-corrected chi connectivity index (χ2v) is 8.34. The van der Waals surface area contributed by atoms with Gasteiger partial charge in [0.15, 0.2) is 5.17 Å². The van der Waals surface area contributed by atoms with Gasteiger partial charge in [0.2, 0.25) is 0 Å². The summed E-state index contributed by atoms with van der Waals surface area (Å²) in [6, 6.07) is 25.6. The van der Waals surface area contributed by atoms with Crippen molar-refractivity contribution in [2.24, 2.45) is 4.99 Å². The van der Waals surface area contributed by atoms with Crippen LogP contribution < -0.4 is 4.74 Å². The van der Waals surface area contributed by atoms with Crippen LogP contribution in [0.3, 0.4) is 0 Å². The van der Waals surface area contributed by atoms with Gasteiger partial charge in [-0.25, -0.2) is 4.99 Å². The second kappa shape index (κ2) is 9.23. The van der Waals surface area contributed by atoms with Crippen LogP contribution in [0.1, 0.15) is 29.7 Å². The van der Waals surface area contributed by atoms with Crippen LogP contribution in [0, 0.1) is 6.92 Å². The van der Waals surface area contributed by atoms with Gasteiger partial charge in [0.25, 0.3) is 5.91 Å². The number of thioether (sulfide) groups is 1. The summed E-state index contributed by atoms with van der Waals surface area (Å²) in [4.78, 5) is 20.7. The molecule has 5 heteroatoms. The molecule has 4 rings (SSSR count). The van der Waals surface area contributed by atoms with Crippen LogP contribution in [0.4, 0.5) is 5.69 Å². The normalized spacial score (nSPS) is 17.4. The van der Waals surface area contributed by atoms with Gasteiger partial charge < -0.3 is 4.74 Å². The Bertz CT molecular complexity index is 1140. The van der Waals surface area contributed by atoms with Gasteiger partial charge in [0, 0.05) is 0 Å². The Morgan fingerprint density at radius 3 is 2.35 bits per heavy atom. The Morgan fingerprint density at radius 1 is 1.00 bits per heavy atom. The molecular formula is C26H24N2O2S. The molecule has 0 aromatic heterocycles. The number of benzene rings is 3. The molecule has 0 saturated carbocycles. The van der Waals surface area contributed by atoms with Gasteiger partial charge >= 0.3 is 0 Å². The highest BCUT2D eigenvalue weighted by atomic mass is 32.2. The lowest BCUT2D eigenvalue weighted by Gasteiger charge is -2.24. The third-order valence-electron chi connectivity index (χ3n) is 5.22. The van der Waals surface area contributed by atoms with Crippen molar-refractivity contribution in [1.29, 1.82) is 0 Å². The van der Waals surface area contributed by atoms with Crippen molar-refractivity contribution >= 4 is 34.6 Å². The first-order chi connectivity index (χ1) is 15.1. The number of ether oxygens (including phenoxy) is 1. The Kier molecular flexibility index (Phi) is 6.23. The van der Waals surface area contributed by atoms with Crippen LogP contribution >= 0.6 is 11.8 Å². The van der Waals surface area contributed by atoms with E-state index in [0.29, 0.717) is 10.1 Å². The quantitative estimate of drug-likeness (QED) is 0.444. The maximum absolute atomic E-state index is 13.5. The summed E-state index contributed by atoms with van der Waals surface area (Å²) in [5, 5.41) is 0.679. The highest BCUT2D eigenvalue weighted by Crippen LogP contribution is 2.39. The number of para-hydroxylation sites is 1. The standard InChI is InChI=1S/C26H24N2O2S/c1-18-14-15-20(16-23(18)30-3)17-24-25(29)28(19(2)21-10-6-4-7-11-21)26(31-24)27-22-12-8-5-9-13-22/h4-17,19H,1-3H3/b24-17+,27-26?/t19-/m1/s1. The zero-order valence-corrected chi connectivity index (χ0v) is 18.6. The average Bonchev–Trinajstić information content (AvgIpc) is 3.10. The van der Waals surface area contributed by atoms with Crippen molar-refractivity contribution in [2.75, 3.05) is 7.11 Å². The zero-order valence-electron chi connectivity index (χ0n) is 17.8. The molecule has 1 aliphatic heterocycles. The van der Waals surface area contributed by atoms with Crippen molar-refractivity contribution in [3.05, 3.63) is 100 Å². The minimum Gasteiger partial charge on any atom is -0.496 e. The third kappa shape index (κ3) is 4.57. The minimum atomic E-state index is -0.137. The summed E-state index contributed by atoms with van der Waals surface area (Å²) in [6.07, 6.45) is 1.91. The van der Waals surface area contributed by atoms with Gasteiger partial charge in [-0.2, -0.15) is 0 Å². The van der Waals surface area contributed by atoms with E-state index < -0.39 is 0 Å². The van der Waals surface area contributed by atoms with E-state index >= 15 is 0 Å². The number of carbonyl (C=O) groups excluding carboxylic acids is 1. The van der Waals surface area contributed by atoms with Gasteiger partial charge in [-0.05, 0) is 66.6 Å². The van der Waals surface area contributed by atoms with E-state index in [-0.39, 0.29) is 11.9 Å². The molecule has 0 N–H and O–H groups in total. The van der Waals surface area contributed by atoms with Crippen LogP contribution in [-0.4, -0.2) is 23.1 Å². The molecule has 1 heterocycles. The van der Waals surface area contributed by atoms with E-state index in [1.807, 2.05) is 98.8 Å². The van der Waals surface area contributed by atoms with Crippen molar-refractivity contribution in [3.63, 3.8) is 0 Å². The lowest BCUT2D eigenvalue weighted by atomic mass is 10.1. The molecular weight excluding hydrogens is 404 g/mol. The summed E-state index contributed by atoms with van der Waals surface area (Å²) in [5.74, 6) is 0.757. The number of amidine groups is 1. The molecule has 0 radical (unpaired) electrons. The maximum Gasteiger partial charge on any atom is 0.267 e. The average molecular weight is 429 g/mol. The smallest absolute Gasteiger partial charge is 0.267 e. The largest absolute Gasteiger partial charge is 0.496 e. The monoisotopic (exact) mass is 428 g/mol. The fraction of sp³-hybridized carbons (Fsp3) is 0.154. The second-order valence-electron chi connectivity index (χ2n) is 7.33. The fourth-order valence-corrected chi connectivity index (χ4v) is 4.55. The SMILES string of the molecule is COc1cc(/C=C2/SC(=Nc3ccccc3)N([C@H](C)c3ccccc3)C2=O)ccc1C. The highest BCUT2D eigenvalue weighted by Gasteiger charge is 2.37. The van der Waals surface area contributed by atoms with Crippen LogP contribution in [0.5, 0.6) is 5.75 Å². The van der Waals surface area contributed by atoms with Gasteiger partial charge in [0.05, 0.1) is 23.7 Å². The number of aryl methyl sites for hydroxylation is 1. The first-order valence-electron chi connectivity index (χ1n) is 10.1. The Balaban J connectivity index is 1.74. The number of aliphatic imine (C=N–C) groups is 1. The molecule has 31 heavy (non-hydrogen) atoms. The maximum atomic E-state index is 13.5. The molecule has 0 aliphatic carbocycles. The van der Waals surface area contributed by atoms with Crippen LogP contribution in [0.2, 0.25) is 0 Å². The first kappa shape index (κ1) is 20.9. The van der Waals surface area contributed by atoms with Gasteiger partial charge in [-0.3, -0.25) is 9.69 Å². The molecule has 0 bridgehead atoms. The highest BCUT2D eigenvalue weighted by molar-refractivity contribution is 8.18. The van der Waals surface area contributed by atoms with Gasteiger partial charge in [0.1, 0.15) is 5.75 Å². The number of nitrogens with zero attached hydrogens (tertiary/aromatic N) is 2. The van der Waals surface area contributed by atoms with E-state index in [9.17, 15) is 4.79 Å². The molecule has 3 aromatic carbocycles. The van der Waals surface area contributed by atoms with E-state index in [4.69, 9.17) is 9.73 Å². The number of hydrogen-bond donors (Lipinski definition) is 0. The van der Waals surface area contributed by atoms with Crippen molar-refractivity contribution in [3.8, 4) is 5.75 Å². The molecule has 0 spiro atoms. The Labute approximate surface area is 187 Å². The summed E-state index contributed by atoms with van der Waals surface area (Å²) in [6.45, 7) is 4.03. The molecule has 3 aromatic rings. The molecule has 4 nitrogen and oxygen atoms in total. The number of hydrogen-bond acceptors (Lipinski definition) is 4. The Hall–Kier alpha value is -3.31. The molecule has 1 aliphatic rings. The third-order valence-corrected chi connectivity index (χ3v) is 6.20.